The third kappa shape index (κ3) is 2.02. The normalized spacial score (nSPS) is 17.5. The molecule has 5 nitrogen and oxygen atoms in total. The Morgan fingerprint density at radius 2 is 1.95 bits per heavy atom. The van der Waals surface area contributed by atoms with Crippen molar-refractivity contribution in [1.29, 1.82) is 0 Å². The van der Waals surface area contributed by atoms with E-state index in [4.69, 9.17) is 0 Å². The van der Waals surface area contributed by atoms with Crippen LogP contribution in [0.3, 0.4) is 0 Å². The second-order valence-corrected chi connectivity index (χ2v) is 5.88. The van der Waals surface area contributed by atoms with E-state index in [1.165, 1.54) is 12.1 Å². The van der Waals surface area contributed by atoms with Crippen LogP contribution in [0, 0.1) is 5.82 Å². The molecule has 22 heavy (non-hydrogen) atoms. The van der Waals surface area contributed by atoms with E-state index in [-0.39, 0.29) is 11.7 Å². The summed E-state index contributed by atoms with van der Waals surface area (Å²) in [4.78, 5) is 14.1. The smallest absolute Gasteiger partial charge is 0.274 e. The molecule has 6 heteroatoms. The molecule has 0 spiro atoms. The first-order valence-corrected chi connectivity index (χ1v) is 7.47. The SMILES string of the molecule is O=C(c1nn(-c2ccc(F)cc2)c2c1CCC2)N1CC(O)C1. The average Bonchev–Trinajstić information content (AvgIpc) is 3.06. The minimum absolute atomic E-state index is 0.121. The lowest BCUT2D eigenvalue weighted by Crippen LogP contribution is -2.53. The maximum absolute atomic E-state index is 13.1. The zero-order valence-corrected chi connectivity index (χ0v) is 12.0. The van der Waals surface area contributed by atoms with E-state index >= 15 is 0 Å². The maximum Gasteiger partial charge on any atom is 0.274 e. The van der Waals surface area contributed by atoms with Crippen molar-refractivity contribution in [3.63, 3.8) is 0 Å². The summed E-state index contributed by atoms with van der Waals surface area (Å²) in [5, 5.41) is 13.8. The van der Waals surface area contributed by atoms with Crippen LogP contribution < -0.4 is 0 Å². The number of likely N-dealkylation sites (tertiary alicyclic amines) is 1. The Bertz CT molecular complexity index is 733. The predicted octanol–water partition coefficient (Wildman–Crippen LogP) is 1.32. The van der Waals surface area contributed by atoms with Crippen molar-refractivity contribution in [2.24, 2.45) is 0 Å². The molecule has 2 aromatic rings. The van der Waals surface area contributed by atoms with Crippen LogP contribution in [0.5, 0.6) is 0 Å². The van der Waals surface area contributed by atoms with Gasteiger partial charge in [-0.25, -0.2) is 9.07 Å². The van der Waals surface area contributed by atoms with Gasteiger partial charge in [0.25, 0.3) is 5.91 Å². The van der Waals surface area contributed by atoms with Crippen molar-refractivity contribution in [3.8, 4) is 5.69 Å². The van der Waals surface area contributed by atoms with Gasteiger partial charge in [0.1, 0.15) is 5.82 Å². The number of β-amino-alcohol motifs (C(OH)–C–C–N with tert-alkyl or cyclic N) is 1. The molecule has 0 atom stereocenters. The van der Waals surface area contributed by atoms with E-state index in [0.29, 0.717) is 18.8 Å². The van der Waals surface area contributed by atoms with Gasteiger partial charge in [-0.3, -0.25) is 4.79 Å². The molecule has 1 N–H and O–H groups in total. The highest BCUT2D eigenvalue weighted by molar-refractivity contribution is 5.95. The molecule has 1 aromatic heterocycles. The first-order chi connectivity index (χ1) is 10.6. The van der Waals surface area contributed by atoms with Gasteiger partial charge in [0.15, 0.2) is 5.69 Å². The number of carbonyl (C=O) groups excluding carboxylic acids is 1. The molecule has 4 rings (SSSR count). The second kappa shape index (κ2) is 4.91. The molecule has 1 aromatic carbocycles. The number of amides is 1. The Morgan fingerprint density at radius 1 is 1.23 bits per heavy atom. The molecular weight excluding hydrogens is 285 g/mol. The lowest BCUT2D eigenvalue weighted by Gasteiger charge is -2.35. The van der Waals surface area contributed by atoms with Crippen LogP contribution in [-0.4, -0.2) is 44.9 Å². The second-order valence-electron chi connectivity index (χ2n) is 5.88. The van der Waals surface area contributed by atoms with Crippen LogP contribution in [-0.2, 0) is 12.8 Å². The van der Waals surface area contributed by atoms with Crippen LogP contribution in [0.1, 0.15) is 28.2 Å². The molecular formula is C16H16FN3O2. The number of benzene rings is 1. The number of aliphatic hydroxyl groups excluding tert-OH is 1. The van der Waals surface area contributed by atoms with Gasteiger partial charge in [-0.15, -0.1) is 0 Å². The highest BCUT2D eigenvalue weighted by Crippen LogP contribution is 2.29. The Kier molecular flexibility index (Phi) is 3.00. The monoisotopic (exact) mass is 301 g/mol. The molecule has 1 saturated heterocycles. The largest absolute Gasteiger partial charge is 0.389 e. The highest BCUT2D eigenvalue weighted by Gasteiger charge is 2.34. The number of nitrogens with zero attached hydrogens (tertiary/aromatic N) is 3. The molecule has 0 bridgehead atoms. The molecule has 2 heterocycles. The summed E-state index contributed by atoms with van der Waals surface area (Å²) < 4.78 is 14.8. The summed E-state index contributed by atoms with van der Waals surface area (Å²) in [7, 11) is 0. The Labute approximate surface area is 127 Å². The standard InChI is InChI=1S/C16H16FN3O2/c17-10-4-6-11(7-5-10)20-14-3-1-2-13(14)15(18-20)16(22)19-8-12(21)9-19/h4-7,12,21H,1-3,8-9H2. The highest BCUT2D eigenvalue weighted by atomic mass is 19.1. The number of aromatic nitrogens is 2. The summed E-state index contributed by atoms with van der Waals surface area (Å²) >= 11 is 0. The van der Waals surface area contributed by atoms with Gasteiger partial charge in [0.05, 0.1) is 11.8 Å². The zero-order chi connectivity index (χ0) is 15.3. The van der Waals surface area contributed by atoms with Crippen LogP contribution >= 0.6 is 0 Å². The fourth-order valence-electron chi connectivity index (χ4n) is 3.18. The van der Waals surface area contributed by atoms with Gasteiger partial charge in [-0.1, -0.05) is 0 Å². The van der Waals surface area contributed by atoms with Crippen molar-refractivity contribution < 1.29 is 14.3 Å². The number of hydrogen-bond donors (Lipinski definition) is 1. The Hall–Kier alpha value is -2.21. The average molecular weight is 301 g/mol. The summed E-state index contributed by atoms with van der Waals surface area (Å²) in [6.45, 7) is 0.744. The number of hydrogen-bond acceptors (Lipinski definition) is 3. The van der Waals surface area contributed by atoms with Crippen molar-refractivity contribution >= 4 is 5.91 Å². The van der Waals surface area contributed by atoms with E-state index in [1.54, 1.807) is 21.7 Å². The van der Waals surface area contributed by atoms with Crippen molar-refractivity contribution in [2.45, 2.75) is 25.4 Å². The van der Waals surface area contributed by atoms with Crippen molar-refractivity contribution in [1.82, 2.24) is 14.7 Å². The predicted molar refractivity (Wildman–Crippen MR) is 77.5 cm³/mol. The third-order valence-electron chi connectivity index (χ3n) is 4.35. The minimum Gasteiger partial charge on any atom is -0.389 e. The Balaban J connectivity index is 1.73. The number of aliphatic hydroxyl groups is 1. The molecule has 0 saturated carbocycles. The van der Waals surface area contributed by atoms with E-state index in [1.807, 2.05) is 0 Å². The minimum atomic E-state index is -0.420. The maximum atomic E-state index is 13.1. The summed E-state index contributed by atoms with van der Waals surface area (Å²) in [6, 6.07) is 6.13. The van der Waals surface area contributed by atoms with Gasteiger partial charge >= 0.3 is 0 Å². The fraction of sp³-hybridized carbons (Fsp3) is 0.375. The first kappa shape index (κ1) is 13.5. The molecule has 0 unspecified atom stereocenters. The fourth-order valence-corrected chi connectivity index (χ4v) is 3.18. The van der Waals surface area contributed by atoms with Gasteiger partial charge in [-0.2, -0.15) is 5.10 Å². The molecule has 114 valence electrons. The summed E-state index contributed by atoms with van der Waals surface area (Å²) in [5.41, 5.74) is 3.28. The van der Waals surface area contributed by atoms with E-state index in [9.17, 15) is 14.3 Å². The molecule has 2 aliphatic rings. The van der Waals surface area contributed by atoms with Crippen LogP contribution in [0.4, 0.5) is 4.39 Å². The lowest BCUT2D eigenvalue weighted by atomic mass is 10.1. The van der Waals surface area contributed by atoms with Crippen LogP contribution in [0.2, 0.25) is 0 Å². The van der Waals surface area contributed by atoms with E-state index < -0.39 is 6.10 Å². The first-order valence-electron chi connectivity index (χ1n) is 7.47. The quantitative estimate of drug-likeness (QED) is 0.910. The van der Waals surface area contributed by atoms with Crippen LogP contribution in [0.25, 0.3) is 5.69 Å². The number of rotatable bonds is 2. The molecule has 1 aliphatic carbocycles. The van der Waals surface area contributed by atoms with Gasteiger partial charge < -0.3 is 10.0 Å². The topological polar surface area (TPSA) is 58.4 Å². The number of carbonyl (C=O) groups is 1. The Morgan fingerprint density at radius 3 is 2.64 bits per heavy atom. The van der Waals surface area contributed by atoms with Crippen molar-refractivity contribution in [3.05, 3.63) is 47.0 Å². The van der Waals surface area contributed by atoms with E-state index in [2.05, 4.69) is 5.10 Å². The van der Waals surface area contributed by atoms with Gasteiger partial charge in [-0.05, 0) is 43.5 Å². The van der Waals surface area contributed by atoms with Crippen LogP contribution in [0.15, 0.2) is 24.3 Å². The molecule has 1 aliphatic heterocycles. The lowest BCUT2D eigenvalue weighted by molar-refractivity contribution is 0.00540. The van der Waals surface area contributed by atoms with E-state index in [0.717, 1.165) is 36.2 Å². The number of fused-ring (bicyclic) bond motifs is 1. The van der Waals surface area contributed by atoms with Gasteiger partial charge in [0, 0.05) is 24.3 Å². The molecule has 1 fully saturated rings. The van der Waals surface area contributed by atoms with Crippen molar-refractivity contribution in [2.75, 3.05) is 13.1 Å². The zero-order valence-electron chi connectivity index (χ0n) is 12.0. The summed E-state index contributed by atoms with van der Waals surface area (Å²) in [6.07, 6.45) is 2.29. The molecule has 0 radical (unpaired) electrons. The summed E-state index contributed by atoms with van der Waals surface area (Å²) in [5.74, 6) is -0.414. The number of halogens is 1. The molecule has 1 amide bonds. The van der Waals surface area contributed by atoms with Gasteiger partial charge in [0.2, 0.25) is 0 Å². The third-order valence-corrected chi connectivity index (χ3v) is 4.35.